The first-order chi connectivity index (χ1) is 5.43. The largest absolute Gasteiger partial charge is 0.316 e. The summed E-state index contributed by atoms with van der Waals surface area (Å²) in [6, 6.07) is 0. The molecule has 0 aromatic carbocycles. The molecule has 1 heterocycles. The zero-order valence-electron chi connectivity index (χ0n) is 6.41. The summed E-state index contributed by atoms with van der Waals surface area (Å²) in [4.78, 5) is 0. The van der Waals surface area contributed by atoms with E-state index in [1.807, 2.05) is 0 Å². The molecule has 0 aliphatic rings. The molecule has 0 aliphatic heterocycles. The van der Waals surface area contributed by atoms with Gasteiger partial charge in [0.2, 0.25) is 0 Å². The van der Waals surface area contributed by atoms with E-state index in [1.54, 1.807) is 28.6 Å². The van der Waals surface area contributed by atoms with Crippen LogP contribution in [0.2, 0.25) is 0 Å². The van der Waals surface area contributed by atoms with Crippen molar-refractivity contribution in [3.05, 3.63) is 5.51 Å². The van der Waals surface area contributed by atoms with E-state index in [1.165, 1.54) is 0 Å². The number of nitrogens with zero attached hydrogens (tertiary/aromatic N) is 2. The van der Waals surface area contributed by atoms with E-state index in [4.69, 9.17) is 0 Å². The summed E-state index contributed by atoms with van der Waals surface area (Å²) in [6.07, 6.45) is 0. The molecule has 0 amide bonds. The van der Waals surface area contributed by atoms with E-state index < -0.39 is 0 Å². The first kappa shape index (κ1) is 8.96. The molecule has 1 aromatic heterocycles. The Labute approximate surface area is 74.6 Å². The number of thioether (sulfide) groups is 1. The zero-order valence-corrected chi connectivity index (χ0v) is 8.04. The summed E-state index contributed by atoms with van der Waals surface area (Å²) in [5.74, 6) is 1.07. The molecular formula is C6H11N3S2. The van der Waals surface area contributed by atoms with Crippen molar-refractivity contribution in [2.45, 2.75) is 11.3 Å². The standard InChI is InChI=1S/C6H11N3S2/c1-2-7-3-4-10-6-9-8-5-11-6/h5,7H,2-4H2,1H3. The van der Waals surface area contributed by atoms with Gasteiger partial charge in [-0.15, -0.1) is 10.2 Å². The van der Waals surface area contributed by atoms with Crippen LogP contribution in [0.25, 0.3) is 0 Å². The SMILES string of the molecule is CCNCCSc1nncs1. The number of hydrogen-bond acceptors (Lipinski definition) is 5. The molecule has 1 rings (SSSR count). The third kappa shape index (κ3) is 3.69. The van der Waals surface area contributed by atoms with Crippen LogP contribution in [-0.2, 0) is 0 Å². The van der Waals surface area contributed by atoms with Crippen LogP contribution in [-0.4, -0.2) is 29.0 Å². The van der Waals surface area contributed by atoms with Gasteiger partial charge in [0.05, 0.1) is 0 Å². The molecule has 0 saturated heterocycles. The molecule has 62 valence electrons. The number of nitrogens with one attached hydrogen (secondary N) is 1. The van der Waals surface area contributed by atoms with Gasteiger partial charge in [-0.3, -0.25) is 0 Å². The van der Waals surface area contributed by atoms with Crippen LogP contribution in [0.5, 0.6) is 0 Å². The summed E-state index contributed by atoms with van der Waals surface area (Å²) >= 11 is 3.34. The van der Waals surface area contributed by atoms with Gasteiger partial charge in [-0.25, -0.2) is 0 Å². The Morgan fingerprint density at radius 2 is 2.64 bits per heavy atom. The third-order valence-electron chi connectivity index (χ3n) is 1.09. The molecule has 0 aliphatic carbocycles. The molecule has 1 aromatic rings. The van der Waals surface area contributed by atoms with Crippen LogP contribution < -0.4 is 5.32 Å². The Kier molecular flexibility index (Phi) is 4.49. The summed E-state index contributed by atoms with van der Waals surface area (Å²) in [5.41, 5.74) is 1.76. The second-order valence-corrected chi connectivity index (χ2v) is 4.08. The molecule has 0 fully saturated rings. The summed E-state index contributed by atoms with van der Waals surface area (Å²) in [5, 5.41) is 10.9. The topological polar surface area (TPSA) is 37.8 Å². The third-order valence-corrected chi connectivity index (χ3v) is 2.96. The van der Waals surface area contributed by atoms with Crippen LogP contribution >= 0.6 is 23.1 Å². The van der Waals surface area contributed by atoms with Crippen molar-refractivity contribution in [2.24, 2.45) is 0 Å². The maximum Gasteiger partial charge on any atom is 0.174 e. The lowest BCUT2D eigenvalue weighted by atomic mass is 10.7. The normalized spacial score (nSPS) is 10.3. The first-order valence-corrected chi connectivity index (χ1v) is 5.39. The van der Waals surface area contributed by atoms with Crippen molar-refractivity contribution in [3.8, 4) is 0 Å². The number of aromatic nitrogens is 2. The number of rotatable bonds is 5. The molecular weight excluding hydrogens is 178 g/mol. The predicted octanol–water partition coefficient (Wildman–Crippen LogP) is 1.24. The molecule has 0 radical (unpaired) electrons. The quantitative estimate of drug-likeness (QED) is 0.558. The lowest BCUT2D eigenvalue weighted by Gasteiger charge is -1.97. The van der Waals surface area contributed by atoms with E-state index in [0.29, 0.717) is 0 Å². The highest BCUT2D eigenvalue weighted by Crippen LogP contribution is 2.17. The monoisotopic (exact) mass is 189 g/mol. The molecule has 11 heavy (non-hydrogen) atoms. The highest BCUT2D eigenvalue weighted by atomic mass is 32.2. The van der Waals surface area contributed by atoms with Gasteiger partial charge in [-0.05, 0) is 6.54 Å². The average molecular weight is 189 g/mol. The van der Waals surface area contributed by atoms with Crippen molar-refractivity contribution in [2.75, 3.05) is 18.8 Å². The first-order valence-electron chi connectivity index (χ1n) is 3.53. The maximum atomic E-state index is 3.92. The molecule has 5 heteroatoms. The average Bonchev–Trinajstić information content (AvgIpc) is 2.50. The van der Waals surface area contributed by atoms with E-state index >= 15 is 0 Å². The van der Waals surface area contributed by atoms with Gasteiger partial charge in [-0.2, -0.15) is 0 Å². The fourth-order valence-corrected chi connectivity index (χ4v) is 2.07. The van der Waals surface area contributed by atoms with Crippen LogP contribution in [0.3, 0.4) is 0 Å². The molecule has 0 saturated carbocycles. The lowest BCUT2D eigenvalue weighted by molar-refractivity contribution is 0.768. The van der Waals surface area contributed by atoms with Gasteiger partial charge in [0.25, 0.3) is 0 Å². The molecule has 0 bridgehead atoms. The highest BCUT2D eigenvalue weighted by molar-refractivity contribution is 8.01. The van der Waals surface area contributed by atoms with Crippen LogP contribution in [0.4, 0.5) is 0 Å². The van der Waals surface area contributed by atoms with E-state index in [0.717, 1.165) is 23.2 Å². The smallest absolute Gasteiger partial charge is 0.174 e. The van der Waals surface area contributed by atoms with Crippen molar-refractivity contribution < 1.29 is 0 Å². The van der Waals surface area contributed by atoms with Crippen molar-refractivity contribution in [3.63, 3.8) is 0 Å². The van der Waals surface area contributed by atoms with Gasteiger partial charge < -0.3 is 5.32 Å². The Morgan fingerprint density at radius 3 is 3.27 bits per heavy atom. The Balaban J connectivity index is 2.04. The minimum Gasteiger partial charge on any atom is -0.316 e. The summed E-state index contributed by atoms with van der Waals surface area (Å²) in [7, 11) is 0. The van der Waals surface area contributed by atoms with Crippen LogP contribution in [0, 0.1) is 0 Å². The Bertz CT molecular complexity index is 176. The molecule has 0 spiro atoms. The van der Waals surface area contributed by atoms with Crippen molar-refractivity contribution in [1.29, 1.82) is 0 Å². The van der Waals surface area contributed by atoms with Gasteiger partial charge >= 0.3 is 0 Å². The van der Waals surface area contributed by atoms with E-state index in [9.17, 15) is 0 Å². The lowest BCUT2D eigenvalue weighted by Crippen LogP contribution is -2.15. The van der Waals surface area contributed by atoms with E-state index in [-0.39, 0.29) is 0 Å². The maximum absolute atomic E-state index is 3.92. The van der Waals surface area contributed by atoms with Crippen molar-refractivity contribution >= 4 is 23.1 Å². The second kappa shape index (κ2) is 5.51. The summed E-state index contributed by atoms with van der Waals surface area (Å²) < 4.78 is 1.06. The fraction of sp³-hybridized carbons (Fsp3) is 0.667. The second-order valence-electron chi connectivity index (χ2n) is 1.91. The van der Waals surface area contributed by atoms with Crippen LogP contribution in [0.1, 0.15) is 6.92 Å². The minimum absolute atomic E-state index is 1.04. The highest BCUT2D eigenvalue weighted by Gasteiger charge is 1.95. The van der Waals surface area contributed by atoms with Gasteiger partial charge in [0, 0.05) is 12.3 Å². The van der Waals surface area contributed by atoms with Crippen LogP contribution in [0.15, 0.2) is 9.85 Å². The Morgan fingerprint density at radius 1 is 1.73 bits per heavy atom. The van der Waals surface area contributed by atoms with Crippen molar-refractivity contribution in [1.82, 2.24) is 15.5 Å². The molecule has 3 nitrogen and oxygen atoms in total. The van der Waals surface area contributed by atoms with Gasteiger partial charge in [-0.1, -0.05) is 30.0 Å². The van der Waals surface area contributed by atoms with Gasteiger partial charge in [0.1, 0.15) is 5.51 Å². The molecule has 0 unspecified atom stereocenters. The van der Waals surface area contributed by atoms with Gasteiger partial charge in [0.15, 0.2) is 4.34 Å². The fourth-order valence-electron chi connectivity index (χ4n) is 0.613. The number of hydrogen-bond donors (Lipinski definition) is 1. The minimum atomic E-state index is 1.04. The molecule has 0 atom stereocenters. The van der Waals surface area contributed by atoms with E-state index in [2.05, 4.69) is 22.4 Å². The molecule has 1 N–H and O–H groups in total. The zero-order chi connectivity index (χ0) is 7.94. The summed E-state index contributed by atoms with van der Waals surface area (Å²) in [6.45, 7) is 4.19. The Hall–Kier alpha value is -0.130. The predicted molar refractivity (Wildman–Crippen MR) is 49.2 cm³/mol.